The lowest BCUT2D eigenvalue weighted by atomic mass is 9.76. The van der Waals surface area contributed by atoms with Crippen LogP contribution in [0.1, 0.15) is 18.7 Å². The van der Waals surface area contributed by atoms with E-state index in [2.05, 4.69) is 20.9 Å². The van der Waals surface area contributed by atoms with Crippen molar-refractivity contribution in [2.45, 2.75) is 29.5 Å². The van der Waals surface area contributed by atoms with Gasteiger partial charge in [-0.25, -0.2) is 4.90 Å². The Hall–Kier alpha value is -1.38. The van der Waals surface area contributed by atoms with Gasteiger partial charge in [-0.15, -0.1) is 0 Å². The van der Waals surface area contributed by atoms with Gasteiger partial charge in [-0.3, -0.25) is 14.4 Å². The molecule has 3 heterocycles. The van der Waals surface area contributed by atoms with Gasteiger partial charge in [-0.2, -0.15) is 0 Å². The molecule has 2 aliphatic rings. The molecule has 0 saturated carbocycles. The number of hydrogen-bond donors (Lipinski definition) is 1. The summed E-state index contributed by atoms with van der Waals surface area (Å²) in [6, 6.07) is 7.13. The number of aromatic nitrogens is 1. The van der Waals surface area contributed by atoms with Gasteiger partial charge in [-0.05, 0) is 24.3 Å². The molecule has 124 valence electrons. The van der Waals surface area contributed by atoms with Crippen molar-refractivity contribution < 1.29 is 9.59 Å². The van der Waals surface area contributed by atoms with Crippen LogP contribution in [0.2, 0.25) is 0 Å². The second-order valence-electron chi connectivity index (χ2n) is 6.40. The molecule has 4 rings (SSSR count). The zero-order chi connectivity index (χ0) is 17.2. The average molecular weight is 425 g/mol. The van der Waals surface area contributed by atoms with Gasteiger partial charge in [0.05, 0.1) is 16.6 Å². The fraction of sp³-hybridized carbons (Fsp3) is 0.312. The Kier molecular flexibility index (Phi) is 3.56. The Morgan fingerprint density at radius 3 is 2.46 bits per heavy atom. The number of amides is 2. The van der Waals surface area contributed by atoms with E-state index in [0.29, 0.717) is 5.69 Å². The first-order valence-electron chi connectivity index (χ1n) is 7.34. The number of benzene rings is 1. The van der Waals surface area contributed by atoms with Gasteiger partial charge in [0.25, 0.3) is 0 Å². The lowest BCUT2D eigenvalue weighted by Gasteiger charge is -2.36. The third kappa shape index (κ3) is 2.16. The first kappa shape index (κ1) is 16.1. The molecular weight excluding hydrogens is 412 g/mol. The van der Waals surface area contributed by atoms with Gasteiger partial charge >= 0.3 is 4.87 Å². The lowest BCUT2D eigenvalue weighted by Crippen LogP contribution is -2.41. The van der Waals surface area contributed by atoms with Crippen molar-refractivity contribution in [3.8, 4) is 0 Å². The molecule has 2 atom stereocenters. The quantitative estimate of drug-likeness (QED) is 0.713. The number of carbonyl (C=O) groups excluding carboxylic acids is 2. The van der Waals surface area contributed by atoms with E-state index >= 15 is 0 Å². The van der Waals surface area contributed by atoms with Gasteiger partial charge in [-0.1, -0.05) is 52.9 Å². The molecule has 1 saturated heterocycles. The number of halogens is 1. The number of carbonyl (C=O) groups is 2. The highest BCUT2D eigenvalue weighted by Gasteiger charge is 2.59. The summed E-state index contributed by atoms with van der Waals surface area (Å²) >= 11 is 5.79. The van der Waals surface area contributed by atoms with Gasteiger partial charge in [0.1, 0.15) is 5.25 Å². The maximum atomic E-state index is 13.1. The summed E-state index contributed by atoms with van der Waals surface area (Å²) in [7, 11) is 0. The molecule has 2 aliphatic heterocycles. The van der Waals surface area contributed by atoms with Crippen LogP contribution in [0.5, 0.6) is 0 Å². The molecule has 5 nitrogen and oxygen atoms in total. The monoisotopic (exact) mass is 424 g/mol. The molecule has 1 fully saturated rings. The predicted octanol–water partition coefficient (Wildman–Crippen LogP) is 3.14. The van der Waals surface area contributed by atoms with Crippen molar-refractivity contribution in [1.29, 1.82) is 0 Å². The largest absolute Gasteiger partial charge is 0.307 e. The number of H-pyrrole nitrogens is 1. The highest BCUT2D eigenvalue weighted by Crippen LogP contribution is 2.53. The third-order valence-electron chi connectivity index (χ3n) is 4.56. The van der Waals surface area contributed by atoms with Gasteiger partial charge in [0, 0.05) is 14.8 Å². The fourth-order valence-electron chi connectivity index (χ4n) is 3.39. The Morgan fingerprint density at radius 1 is 1.12 bits per heavy atom. The number of nitrogens with one attached hydrogen (secondary N) is 1. The van der Waals surface area contributed by atoms with E-state index in [9.17, 15) is 14.4 Å². The van der Waals surface area contributed by atoms with Crippen LogP contribution >= 0.6 is 39.0 Å². The first-order chi connectivity index (χ1) is 11.3. The molecule has 2 aromatic rings. The Morgan fingerprint density at radius 2 is 1.79 bits per heavy atom. The number of hydrogen-bond acceptors (Lipinski definition) is 5. The van der Waals surface area contributed by atoms with E-state index in [0.717, 1.165) is 25.7 Å². The molecule has 1 aromatic heterocycles. The first-order valence-corrected chi connectivity index (χ1v) is 9.83. The van der Waals surface area contributed by atoms with Crippen molar-refractivity contribution in [2.24, 2.45) is 5.92 Å². The van der Waals surface area contributed by atoms with E-state index in [1.54, 1.807) is 12.1 Å². The number of thioether (sulfide) groups is 1. The van der Waals surface area contributed by atoms with Crippen LogP contribution in [0.25, 0.3) is 0 Å². The number of fused-ring (bicyclic) bond motifs is 2. The van der Waals surface area contributed by atoms with Gasteiger partial charge < -0.3 is 4.98 Å². The van der Waals surface area contributed by atoms with Crippen LogP contribution in [0, 0.1) is 5.92 Å². The van der Waals surface area contributed by atoms with Crippen molar-refractivity contribution in [2.75, 3.05) is 4.90 Å². The summed E-state index contributed by atoms with van der Waals surface area (Å²) in [5, 5.41) is 0.212. The number of thiazole rings is 1. The maximum absolute atomic E-state index is 13.1. The minimum Gasteiger partial charge on any atom is -0.307 e. The van der Waals surface area contributed by atoms with E-state index in [1.165, 1.54) is 16.7 Å². The summed E-state index contributed by atoms with van der Waals surface area (Å²) in [5.74, 6) is -0.892. The summed E-state index contributed by atoms with van der Waals surface area (Å²) in [6.07, 6.45) is 0. The van der Waals surface area contributed by atoms with Crippen molar-refractivity contribution in [3.05, 3.63) is 43.3 Å². The predicted molar refractivity (Wildman–Crippen MR) is 97.7 cm³/mol. The van der Waals surface area contributed by atoms with Crippen LogP contribution in [-0.2, 0) is 15.0 Å². The van der Waals surface area contributed by atoms with Crippen molar-refractivity contribution in [1.82, 2.24) is 4.98 Å². The number of aromatic amines is 1. The molecule has 0 bridgehead atoms. The zero-order valence-electron chi connectivity index (χ0n) is 12.8. The van der Waals surface area contributed by atoms with Crippen LogP contribution in [-0.4, -0.2) is 22.0 Å². The number of nitrogens with zero attached hydrogens (tertiary/aromatic N) is 1. The van der Waals surface area contributed by atoms with Crippen molar-refractivity contribution >= 4 is 56.5 Å². The molecule has 2 unspecified atom stereocenters. The third-order valence-corrected chi connectivity index (χ3v) is 7.71. The minimum atomic E-state index is -0.564. The smallest absolute Gasteiger partial charge is 0.305 e. The van der Waals surface area contributed by atoms with Gasteiger partial charge in [0.15, 0.2) is 0 Å². The SMILES string of the molecule is CC1(C)c2sc(=O)[nH]c2SC2C(=O)N(c3ccc(Br)cc3)C(=O)C21. The molecule has 0 spiro atoms. The molecule has 0 aliphatic carbocycles. The van der Waals surface area contributed by atoms with Crippen LogP contribution in [0.3, 0.4) is 0 Å². The molecule has 24 heavy (non-hydrogen) atoms. The second-order valence-corrected chi connectivity index (χ2v) is 9.45. The molecule has 8 heteroatoms. The summed E-state index contributed by atoms with van der Waals surface area (Å²) in [6.45, 7) is 3.87. The second kappa shape index (κ2) is 5.31. The fourth-order valence-corrected chi connectivity index (χ4v) is 6.43. The number of rotatable bonds is 1. The Labute approximate surface area is 154 Å². The summed E-state index contributed by atoms with van der Waals surface area (Å²) < 4.78 is 0.886. The van der Waals surface area contributed by atoms with E-state index in [4.69, 9.17) is 0 Å². The molecule has 2 amide bonds. The van der Waals surface area contributed by atoms with Gasteiger partial charge in [0.2, 0.25) is 11.8 Å². The topological polar surface area (TPSA) is 70.2 Å². The maximum Gasteiger partial charge on any atom is 0.305 e. The van der Waals surface area contributed by atoms with E-state index < -0.39 is 16.6 Å². The van der Waals surface area contributed by atoms with Crippen LogP contribution < -0.4 is 9.77 Å². The highest BCUT2D eigenvalue weighted by molar-refractivity contribution is 9.10. The normalized spacial score (nSPS) is 24.9. The Bertz CT molecular complexity index is 916. The van der Waals surface area contributed by atoms with Crippen LogP contribution in [0.4, 0.5) is 5.69 Å². The Balaban J connectivity index is 1.81. The molecule has 1 N–H and O–H groups in total. The summed E-state index contributed by atoms with van der Waals surface area (Å²) in [4.78, 5) is 42.5. The molecule has 0 radical (unpaired) electrons. The summed E-state index contributed by atoms with van der Waals surface area (Å²) in [5.41, 5.74) is 0.0159. The molecule has 1 aromatic carbocycles. The highest BCUT2D eigenvalue weighted by atomic mass is 79.9. The lowest BCUT2D eigenvalue weighted by molar-refractivity contribution is -0.123. The minimum absolute atomic E-state index is 0.148. The van der Waals surface area contributed by atoms with E-state index in [-0.39, 0.29) is 16.7 Å². The van der Waals surface area contributed by atoms with Crippen LogP contribution in [0.15, 0.2) is 38.6 Å². The van der Waals surface area contributed by atoms with Crippen molar-refractivity contribution in [3.63, 3.8) is 0 Å². The number of imide groups is 1. The average Bonchev–Trinajstić information content (AvgIpc) is 3.00. The zero-order valence-corrected chi connectivity index (χ0v) is 16.0. The van der Waals surface area contributed by atoms with E-state index in [1.807, 2.05) is 26.0 Å². The number of anilines is 1. The standard InChI is InChI=1S/C16H13BrN2O3S2/c1-16(2)9-10(23-12-11(16)24-15(22)18-12)14(21)19(13(9)20)8-5-3-7(17)4-6-8/h3-6,9-10H,1-2H3,(H,18,22). The molecular formula is C16H13BrN2O3S2.